The molecular weight excluding hydrogens is 206 g/mol. The number of hydrogen-bond donors (Lipinski definition) is 0. The second-order valence-electron chi connectivity index (χ2n) is 3.87. The number of rotatable bonds is 2. The smallest absolute Gasteiger partial charge is 0.161 e. The molecule has 0 saturated carbocycles. The molecule has 0 bridgehead atoms. The van der Waals surface area contributed by atoms with Crippen LogP contribution in [0.4, 0.5) is 8.78 Å². The summed E-state index contributed by atoms with van der Waals surface area (Å²) in [5.41, 5.74) is 2.24. The Morgan fingerprint density at radius 3 is 2.25 bits per heavy atom. The molecule has 0 aliphatic rings. The van der Waals surface area contributed by atoms with E-state index < -0.39 is 11.6 Å². The molecule has 2 heteroatoms. The van der Waals surface area contributed by atoms with Crippen molar-refractivity contribution in [3.05, 3.63) is 70.8 Å². The summed E-state index contributed by atoms with van der Waals surface area (Å²) in [4.78, 5) is 0. The number of aryl methyl sites for hydroxylation is 1. The van der Waals surface area contributed by atoms with Gasteiger partial charge >= 0.3 is 0 Å². The summed E-state index contributed by atoms with van der Waals surface area (Å²) in [5.74, 6) is -1.53. The highest BCUT2D eigenvalue weighted by atomic mass is 19.2. The predicted octanol–water partition coefficient (Wildman–Crippen LogP) is 3.86. The summed E-state index contributed by atoms with van der Waals surface area (Å²) in [6.45, 7) is 1.58. The van der Waals surface area contributed by atoms with Gasteiger partial charge in [0, 0.05) is 0 Å². The molecule has 0 aliphatic carbocycles. The third kappa shape index (κ3) is 2.27. The summed E-state index contributed by atoms with van der Waals surface area (Å²) in [6, 6.07) is 12.7. The fourth-order valence-electron chi connectivity index (χ4n) is 1.73. The van der Waals surface area contributed by atoms with Crippen molar-refractivity contribution in [1.82, 2.24) is 0 Å². The lowest BCUT2D eigenvalue weighted by molar-refractivity contribution is 0.502. The molecule has 0 spiro atoms. The Balaban J connectivity index is 2.29. The van der Waals surface area contributed by atoms with Crippen LogP contribution in [0.3, 0.4) is 0 Å². The van der Waals surface area contributed by atoms with Gasteiger partial charge in [-0.1, -0.05) is 36.4 Å². The third-order valence-corrected chi connectivity index (χ3v) is 2.52. The lowest BCUT2D eigenvalue weighted by Gasteiger charge is -2.05. The van der Waals surface area contributed by atoms with Crippen LogP contribution in [0, 0.1) is 18.6 Å². The Hall–Kier alpha value is -1.70. The highest BCUT2D eigenvalue weighted by Crippen LogP contribution is 2.16. The minimum absolute atomic E-state index is 0.353. The van der Waals surface area contributed by atoms with E-state index >= 15 is 0 Å². The second kappa shape index (κ2) is 4.44. The largest absolute Gasteiger partial charge is 0.204 e. The van der Waals surface area contributed by atoms with E-state index in [9.17, 15) is 8.78 Å². The topological polar surface area (TPSA) is 0 Å². The average Bonchev–Trinajstić information content (AvgIpc) is 2.27. The molecular formula is C14H12F2. The molecule has 0 aliphatic heterocycles. The molecule has 82 valence electrons. The van der Waals surface area contributed by atoms with Crippen LogP contribution in [-0.4, -0.2) is 0 Å². The molecule has 2 aromatic rings. The molecule has 2 aromatic carbocycles. The lowest BCUT2D eigenvalue weighted by atomic mass is 10.0. The van der Waals surface area contributed by atoms with Crippen LogP contribution < -0.4 is 0 Å². The number of halogens is 2. The molecule has 0 amide bonds. The quantitative estimate of drug-likeness (QED) is 0.718. The molecule has 0 N–H and O–H groups in total. The number of benzene rings is 2. The summed E-state index contributed by atoms with van der Waals surface area (Å²) in [6.07, 6.45) is 0.624. The Kier molecular flexibility index (Phi) is 3.00. The van der Waals surface area contributed by atoms with E-state index in [2.05, 4.69) is 0 Å². The lowest BCUT2D eigenvalue weighted by Crippen LogP contribution is -1.95. The maximum Gasteiger partial charge on any atom is 0.161 e. The molecule has 2 rings (SSSR count). The van der Waals surface area contributed by atoms with Crippen molar-refractivity contribution in [2.75, 3.05) is 0 Å². The zero-order valence-corrected chi connectivity index (χ0v) is 9.00. The summed E-state index contributed by atoms with van der Waals surface area (Å²) in [5, 5.41) is 0. The van der Waals surface area contributed by atoms with Crippen LogP contribution in [-0.2, 0) is 6.42 Å². The van der Waals surface area contributed by atoms with E-state index in [4.69, 9.17) is 0 Å². The maximum absolute atomic E-state index is 13.2. The zero-order valence-electron chi connectivity index (χ0n) is 9.00. The molecule has 0 nitrogen and oxygen atoms in total. The molecule has 0 unspecified atom stereocenters. The van der Waals surface area contributed by atoms with Gasteiger partial charge in [-0.25, -0.2) is 8.78 Å². The Morgan fingerprint density at radius 1 is 0.938 bits per heavy atom. The van der Waals surface area contributed by atoms with Gasteiger partial charge in [-0.3, -0.25) is 0 Å². The van der Waals surface area contributed by atoms with Crippen LogP contribution in [0.1, 0.15) is 16.7 Å². The van der Waals surface area contributed by atoms with Crippen LogP contribution in [0.25, 0.3) is 0 Å². The first-order chi connectivity index (χ1) is 7.66. The first kappa shape index (κ1) is 10.8. The maximum atomic E-state index is 13.2. The van der Waals surface area contributed by atoms with Gasteiger partial charge in [0.25, 0.3) is 0 Å². The summed E-state index contributed by atoms with van der Waals surface area (Å²) >= 11 is 0. The number of hydrogen-bond acceptors (Lipinski definition) is 0. The Bertz CT molecular complexity index is 466. The fourth-order valence-corrected chi connectivity index (χ4v) is 1.73. The normalized spacial score (nSPS) is 10.4. The standard InChI is InChI=1S/C14H12F2/c1-10-7-12(9-13(15)14(10)16)8-11-5-3-2-4-6-11/h2-7,9H,8H2,1H3. The first-order valence-corrected chi connectivity index (χ1v) is 5.15. The van der Waals surface area contributed by atoms with Crippen molar-refractivity contribution in [2.45, 2.75) is 13.3 Å². The second-order valence-corrected chi connectivity index (χ2v) is 3.87. The van der Waals surface area contributed by atoms with Crippen molar-refractivity contribution in [3.63, 3.8) is 0 Å². The average molecular weight is 218 g/mol. The summed E-state index contributed by atoms with van der Waals surface area (Å²) < 4.78 is 26.2. The summed E-state index contributed by atoms with van der Waals surface area (Å²) in [7, 11) is 0. The molecule has 0 heterocycles. The van der Waals surface area contributed by atoms with E-state index in [1.54, 1.807) is 13.0 Å². The van der Waals surface area contributed by atoms with Gasteiger partial charge in [-0.2, -0.15) is 0 Å². The van der Waals surface area contributed by atoms with E-state index in [1.165, 1.54) is 6.07 Å². The Morgan fingerprint density at radius 2 is 1.62 bits per heavy atom. The first-order valence-electron chi connectivity index (χ1n) is 5.15. The molecule has 0 atom stereocenters. The van der Waals surface area contributed by atoms with Crippen LogP contribution in [0.5, 0.6) is 0 Å². The molecule has 16 heavy (non-hydrogen) atoms. The Labute approximate surface area is 93.5 Å². The van der Waals surface area contributed by atoms with Gasteiger partial charge in [0.15, 0.2) is 11.6 Å². The third-order valence-electron chi connectivity index (χ3n) is 2.52. The van der Waals surface area contributed by atoms with Crippen LogP contribution in [0.2, 0.25) is 0 Å². The molecule has 0 saturated heterocycles. The van der Waals surface area contributed by atoms with Crippen molar-refractivity contribution in [1.29, 1.82) is 0 Å². The minimum Gasteiger partial charge on any atom is -0.204 e. The van der Waals surface area contributed by atoms with E-state index in [1.807, 2.05) is 30.3 Å². The van der Waals surface area contributed by atoms with Gasteiger partial charge in [0.1, 0.15) is 0 Å². The zero-order chi connectivity index (χ0) is 11.5. The highest BCUT2D eigenvalue weighted by molar-refractivity contribution is 5.30. The van der Waals surface area contributed by atoms with Gasteiger partial charge < -0.3 is 0 Å². The molecule has 0 fully saturated rings. The van der Waals surface area contributed by atoms with Gasteiger partial charge in [0.2, 0.25) is 0 Å². The van der Waals surface area contributed by atoms with Crippen molar-refractivity contribution >= 4 is 0 Å². The van der Waals surface area contributed by atoms with E-state index in [0.29, 0.717) is 12.0 Å². The highest BCUT2D eigenvalue weighted by Gasteiger charge is 2.07. The van der Waals surface area contributed by atoms with Gasteiger partial charge in [-0.15, -0.1) is 0 Å². The van der Waals surface area contributed by atoms with E-state index in [-0.39, 0.29) is 0 Å². The van der Waals surface area contributed by atoms with Gasteiger partial charge in [0.05, 0.1) is 0 Å². The molecule has 0 aromatic heterocycles. The predicted molar refractivity (Wildman–Crippen MR) is 60.3 cm³/mol. The monoisotopic (exact) mass is 218 g/mol. The van der Waals surface area contributed by atoms with Crippen molar-refractivity contribution in [3.8, 4) is 0 Å². The van der Waals surface area contributed by atoms with Crippen molar-refractivity contribution < 1.29 is 8.78 Å². The van der Waals surface area contributed by atoms with Crippen LogP contribution in [0.15, 0.2) is 42.5 Å². The van der Waals surface area contributed by atoms with E-state index in [0.717, 1.165) is 11.1 Å². The minimum atomic E-state index is -0.772. The SMILES string of the molecule is Cc1cc(Cc2ccccc2)cc(F)c1F. The molecule has 0 radical (unpaired) electrons. The van der Waals surface area contributed by atoms with Crippen molar-refractivity contribution in [2.24, 2.45) is 0 Å². The van der Waals surface area contributed by atoms with Crippen LogP contribution >= 0.6 is 0 Å². The van der Waals surface area contributed by atoms with Gasteiger partial charge in [-0.05, 0) is 36.1 Å². The fraction of sp³-hybridized carbons (Fsp3) is 0.143.